The Hall–Kier alpha value is -0.980. The number of rotatable bonds is 3. The van der Waals surface area contributed by atoms with Gasteiger partial charge in [-0.05, 0) is 38.8 Å². The Balaban J connectivity index is 3.07. The zero-order valence-corrected chi connectivity index (χ0v) is 9.96. The van der Waals surface area contributed by atoms with Crippen LogP contribution in [0.2, 0.25) is 0 Å². The molecule has 0 aliphatic rings. The van der Waals surface area contributed by atoms with Gasteiger partial charge < -0.3 is 4.90 Å². The highest BCUT2D eigenvalue weighted by atomic mass is 15.1. The van der Waals surface area contributed by atoms with Crippen molar-refractivity contribution in [1.82, 2.24) is 0 Å². The molecule has 0 aliphatic carbocycles. The van der Waals surface area contributed by atoms with E-state index in [1.54, 1.807) is 0 Å². The normalized spacial score (nSPS) is 10.7. The summed E-state index contributed by atoms with van der Waals surface area (Å²) in [5.74, 6) is 0. The Kier molecular flexibility index (Phi) is 3.56. The molecule has 0 fully saturated rings. The van der Waals surface area contributed by atoms with Crippen LogP contribution in [0.3, 0.4) is 0 Å². The molecular weight excluding hydrogens is 170 g/mol. The van der Waals surface area contributed by atoms with Gasteiger partial charge in [0.25, 0.3) is 0 Å². The molecule has 0 aromatic heterocycles. The highest BCUT2D eigenvalue weighted by Gasteiger charge is 2.08. The summed E-state index contributed by atoms with van der Waals surface area (Å²) in [4.78, 5) is 2.33. The van der Waals surface area contributed by atoms with E-state index in [9.17, 15) is 0 Å². The molecule has 14 heavy (non-hydrogen) atoms. The topological polar surface area (TPSA) is 3.24 Å². The summed E-state index contributed by atoms with van der Waals surface area (Å²) in [6, 6.07) is 7.26. The minimum Gasteiger partial charge on any atom is -0.372 e. The average Bonchev–Trinajstić information content (AvgIpc) is 2.16. The van der Waals surface area contributed by atoms with E-state index in [1.807, 2.05) is 0 Å². The maximum atomic E-state index is 2.33. The molecule has 0 saturated heterocycles. The van der Waals surface area contributed by atoms with Crippen LogP contribution in [-0.2, 0) is 6.42 Å². The van der Waals surface area contributed by atoms with Crippen molar-refractivity contribution in [2.24, 2.45) is 0 Å². The van der Waals surface area contributed by atoms with Crippen molar-refractivity contribution in [3.63, 3.8) is 0 Å². The molecule has 0 aliphatic heterocycles. The highest BCUT2D eigenvalue weighted by Crippen LogP contribution is 2.22. The molecular formula is C13H21N. The smallest absolute Gasteiger partial charge is 0.0398 e. The van der Waals surface area contributed by atoms with Gasteiger partial charge in [-0.1, -0.05) is 24.6 Å². The van der Waals surface area contributed by atoms with Gasteiger partial charge in [-0.25, -0.2) is 0 Å². The second-order valence-corrected chi connectivity index (χ2v) is 4.19. The molecule has 0 unspecified atom stereocenters. The third kappa shape index (κ3) is 2.28. The van der Waals surface area contributed by atoms with Crippen LogP contribution in [0.15, 0.2) is 18.2 Å². The van der Waals surface area contributed by atoms with Crippen LogP contribution in [0.1, 0.15) is 31.9 Å². The monoisotopic (exact) mass is 191 g/mol. The van der Waals surface area contributed by atoms with Gasteiger partial charge in [-0.15, -0.1) is 0 Å². The Morgan fingerprint density at radius 2 is 1.93 bits per heavy atom. The zero-order chi connectivity index (χ0) is 10.7. The van der Waals surface area contributed by atoms with E-state index < -0.39 is 0 Å². The van der Waals surface area contributed by atoms with Crippen LogP contribution in [0, 0.1) is 6.92 Å². The van der Waals surface area contributed by atoms with Gasteiger partial charge in [-0.2, -0.15) is 0 Å². The lowest BCUT2D eigenvalue weighted by Crippen LogP contribution is -2.26. The van der Waals surface area contributed by atoms with Crippen molar-refractivity contribution in [2.45, 2.75) is 40.2 Å². The van der Waals surface area contributed by atoms with Gasteiger partial charge in [0.1, 0.15) is 0 Å². The minimum atomic E-state index is 0.558. The largest absolute Gasteiger partial charge is 0.372 e. The first-order chi connectivity index (χ1) is 6.56. The van der Waals surface area contributed by atoms with E-state index in [0.717, 1.165) is 6.42 Å². The maximum absolute atomic E-state index is 2.33. The fourth-order valence-corrected chi connectivity index (χ4v) is 1.62. The van der Waals surface area contributed by atoms with Crippen LogP contribution in [0.5, 0.6) is 0 Å². The van der Waals surface area contributed by atoms with Gasteiger partial charge in [0.05, 0.1) is 0 Å². The average molecular weight is 191 g/mol. The van der Waals surface area contributed by atoms with E-state index in [2.05, 4.69) is 57.8 Å². The van der Waals surface area contributed by atoms with Gasteiger partial charge in [0, 0.05) is 18.8 Å². The Morgan fingerprint density at radius 3 is 2.43 bits per heavy atom. The van der Waals surface area contributed by atoms with E-state index in [4.69, 9.17) is 0 Å². The fraction of sp³-hybridized carbons (Fsp3) is 0.538. The zero-order valence-electron chi connectivity index (χ0n) is 9.96. The highest BCUT2D eigenvalue weighted by molar-refractivity contribution is 5.55. The van der Waals surface area contributed by atoms with Crippen molar-refractivity contribution in [2.75, 3.05) is 11.9 Å². The number of aryl methyl sites for hydroxylation is 2. The first kappa shape index (κ1) is 11.1. The van der Waals surface area contributed by atoms with E-state index in [1.165, 1.54) is 16.8 Å². The summed E-state index contributed by atoms with van der Waals surface area (Å²) >= 11 is 0. The molecule has 78 valence electrons. The molecule has 0 atom stereocenters. The fourth-order valence-electron chi connectivity index (χ4n) is 1.62. The standard InChI is InChI=1S/C13H21N/c1-6-12-9-11(4)7-8-13(12)14(5)10(2)3/h7-10H,6H2,1-5H3. The molecule has 0 N–H and O–H groups in total. The van der Waals surface area contributed by atoms with E-state index >= 15 is 0 Å². The van der Waals surface area contributed by atoms with Gasteiger partial charge in [-0.3, -0.25) is 0 Å². The minimum absolute atomic E-state index is 0.558. The lowest BCUT2D eigenvalue weighted by atomic mass is 10.1. The van der Waals surface area contributed by atoms with Crippen LogP contribution in [0.4, 0.5) is 5.69 Å². The van der Waals surface area contributed by atoms with Crippen molar-refractivity contribution in [1.29, 1.82) is 0 Å². The summed E-state index contributed by atoms with van der Waals surface area (Å²) in [6.45, 7) is 8.81. The molecule has 1 nitrogen and oxygen atoms in total. The molecule has 1 aromatic carbocycles. The molecule has 0 heterocycles. The number of benzene rings is 1. The molecule has 0 saturated carbocycles. The second kappa shape index (κ2) is 4.50. The van der Waals surface area contributed by atoms with E-state index in [-0.39, 0.29) is 0 Å². The van der Waals surface area contributed by atoms with Crippen molar-refractivity contribution < 1.29 is 0 Å². The predicted molar refractivity (Wildman–Crippen MR) is 64.1 cm³/mol. The van der Waals surface area contributed by atoms with Crippen molar-refractivity contribution >= 4 is 5.69 Å². The second-order valence-electron chi connectivity index (χ2n) is 4.19. The third-order valence-electron chi connectivity index (χ3n) is 2.77. The third-order valence-corrected chi connectivity index (χ3v) is 2.77. The number of anilines is 1. The number of hydrogen-bond acceptors (Lipinski definition) is 1. The molecule has 0 spiro atoms. The number of nitrogens with zero attached hydrogens (tertiary/aromatic N) is 1. The Labute approximate surface area is 87.7 Å². The van der Waals surface area contributed by atoms with Gasteiger partial charge in [0.2, 0.25) is 0 Å². The van der Waals surface area contributed by atoms with Gasteiger partial charge >= 0.3 is 0 Å². The summed E-state index contributed by atoms with van der Waals surface area (Å²) in [5.41, 5.74) is 4.16. The predicted octanol–water partition coefficient (Wildman–Crippen LogP) is 3.40. The lowest BCUT2D eigenvalue weighted by Gasteiger charge is -2.26. The first-order valence-electron chi connectivity index (χ1n) is 5.38. The van der Waals surface area contributed by atoms with Gasteiger partial charge in [0.15, 0.2) is 0 Å². The first-order valence-corrected chi connectivity index (χ1v) is 5.38. The van der Waals surface area contributed by atoms with Crippen molar-refractivity contribution in [3.8, 4) is 0 Å². The SMILES string of the molecule is CCc1cc(C)ccc1N(C)C(C)C. The quantitative estimate of drug-likeness (QED) is 0.707. The molecule has 0 amide bonds. The molecule has 1 heteroatoms. The van der Waals surface area contributed by atoms with Crippen LogP contribution < -0.4 is 4.90 Å². The van der Waals surface area contributed by atoms with Crippen LogP contribution >= 0.6 is 0 Å². The van der Waals surface area contributed by atoms with E-state index in [0.29, 0.717) is 6.04 Å². The molecule has 0 radical (unpaired) electrons. The van der Waals surface area contributed by atoms with Crippen molar-refractivity contribution in [3.05, 3.63) is 29.3 Å². The lowest BCUT2D eigenvalue weighted by molar-refractivity contribution is 0.750. The summed E-state index contributed by atoms with van der Waals surface area (Å²) in [7, 11) is 2.16. The summed E-state index contributed by atoms with van der Waals surface area (Å²) < 4.78 is 0. The molecule has 1 aromatic rings. The van der Waals surface area contributed by atoms with Crippen LogP contribution in [0.25, 0.3) is 0 Å². The molecule has 0 bridgehead atoms. The van der Waals surface area contributed by atoms with Crippen LogP contribution in [-0.4, -0.2) is 13.1 Å². The number of hydrogen-bond donors (Lipinski definition) is 0. The maximum Gasteiger partial charge on any atom is 0.0398 e. The molecule has 1 rings (SSSR count). The Bertz CT molecular complexity index is 302. The Morgan fingerprint density at radius 1 is 1.29 bits per heavy atom. The summed E-state index contributed by atoms with van der Waals surface area (Å²) in [6.07, 6.45) is 1.11. The summed E-state index contributed by atoms with van der Waals surface area (Å²) in [5, 5.41) is 0.